The highest BCUT2D eigenvalue weighted by Crippen LogP contribution is 2.74. The van der Waals surface area contributed by atoms with Crippen LogP contribution in [0.5, 0.6) is 0 Å². The van der Waals surface area contributed by atoms with Crippen LogP contribution < -0.4 is 0 Å². The lowest BCUT2D eigenvalue weighted by atomic mass is 9.34. The van der Waals surface area contributed by atoms with Gasteiger partial charge in [0, 0.05) is 24.2 Å². The van der Waals surface area contributed by atoms with Gasteiger partial charge in [0.2, 0.25) is 11.8 Å². The second kappa shape index (κ2) is 7.84. The van der Waals surface area contributed by atoms with Crippen molar-refractivity contribution >= 4 is 5.78 Å². The average molecular weight is 534 g/mol. The van der Waals surface area contributed by atoms with Crippen molar-refractivity contribution in [1.82, 2.24) is 10.2 Å². The van der Waals surface area contributed by atoms with Crippen molar-refractivity contribution in [1.29, 1.82) is 5.26 Å². The summed E-state index contributed by atoms with van der Waals surface area (Å²) in [6.45, 7) is 14.9. The number of rotatable bonds is 1. The Kier molecular flexibility index (Phi) is 5.38. The van der Waals surface area contributed by atoms with Crippen molar-refractivity contribution in [2.24, 2.45) is 39.4 Å². The Hall–Kier alpha value is -2.46. The zero-order valence-electron chi connectivity index (χ0n) is 24.5. The lowest BCUT2D eigenvalue weighted by Crippen LogP contribution is -2.66. The summed E-state index contributed by atoms with van der Waals surface area (Å²) in [4.78, 5) is 14.5. The maximum absolute atomic E-state index is 14.5. The van der Waals surface area contributed by atoms with Crippen molar-refractivity contribution in [3.05, 3.63) is 34.8 Å². The number of carbonyl (C=O) groups excluding carboxylic acids is 1. The van der Waals surface area contributed by atoms with E-state index in [-0.39, 0.29) is 56.5 Å². The molecule has 7 heteroatoms. The second-order valence-electron chi connectivity index (χ2n) is 15.2. The molecule has 0 radical (unpaired) electrons. The summed E-state index contributed by atoms with van der Waals surface area (Å²) in [5, 5.41) is 41.0. The molecule has 2 N–H and O–H groups in total. The van der Waals surface area contributed by atoms with Crippen LogP contribution in [0.15, 0.2) is 27.4 Å². The molecule has 1 aromatic rings. The molecule has 0 amide bonds. The SMILES string of the molecule is Cc1nnc([C@]23CCC(C)(C)C[C@H]2[C@H]2C(=O)C=C4[C@@]5(C)CC(C#N)=C(O)[C@@](C)(O)[C@@H]5CC[C@@]4(C)[C@]2(C)CC3)o1. The summed E-state index contributed by atoms with van der Waals surface area (Å²) in [6, 6.07) is 2.16. The maximum Gasteiger partial charge on any atom is 0.222 e. The fourth-order valence-corrected chi connectivity index (χ4v) is 10.5. The maximum atomic E-state index is 14.5. The Bertz CT molecular complexity index is 1360. The first kappa shape index (κ1) is 26.7. The Morgan fingerprint density at radius 3 is 2.38 bits per heavy atom. The number of nitrogens with zero attached hydrogens (tertiary/aromatic N) is 3. The van der Waals surface area contributed by atoms with Crippen LogP contribution in [-0.2, 0) is 10.2 Å². The Morgan fingerprint density at radius 2 is 1.74 bits per heavy atom. The number of hydrogen-bond donors (Lipinski definition) is 2. The van der Waals surface area contributed by atoms with Crippen LogP contribution >= 0.6 is 0 Å². The molecule has 210 valence electrons. The van der Waals surface area contributed by atoms with Crippen molar-refractivity contribution < 1.29 is 19.4 Å². The van der Waals surface area contributed by atoms with Gasteiger partial charge in [-0.05, 0) is 86.5 Å². The number of fused-ring (bicyclic) bond motifs is 7. The largest absolute Gasteiger partial charge is 0.508 e. The molecule has 0 spiro atoms. The average Bonchev–Trinajstić information content (AvgIpc) is 3.29. The highest BCUT2D eigenvalue weighted by Gasteiger charge is 2.71. The third-order valence-corrected chi connectivity index (χ3v) is 12.7. The first-order valence-electron chi connectivity index (χ1n) is 14.7. The Labute approximate surface area is 231 Å². The predicted octanol–water partition coefficient (Wildman–Crippen LogP) is 6.28. The third kappa shape index (κ3) is 3.21. The van der Waals surface area contributed by atoms with E-state index in [1.54, 1.807) is 6.92 Å². The number of aromatic nitrogens is 2. The lowest BCUT2D eigenvalue weighted by molar-refractivity contribution is -0.167. The van der Waals surface area contributed by atoms with Gasteiger partial charge in [0.15, 0.2) is 5.78 Å². The first-order valence-corrected chi connectivity index (χ1v) is 14.7. The number of nitriles is 1. The number of ketones is 1. The molecule has 0 aliphatic heterocycles. The molecule has 3 fully saturated rings. The lowest BCUT2D eigenvalue weighted by Gasteiger charge is -2.69. The van der Waals surface area contributed by atoms with E-state index in [0.717, 1.165) is 50.5 Å². The van der Waals surface area contributed by atoms with Crippen LogP contribution in [0.25, 0.3) is 0 Å². The van der Waals surface area contributed by atoms with E-state index in [9.17, 15) is 20.3 Å². The Morgan fingerprint density at radius 1 is 1.05 bits per heavy atom. The Balaban J connectivity index is 1.52. The number of aryl methyl sites for hydroxylation is 1. The van der Waals surface area contributed by atoms with Gasteiger partial charge in [-0.2, -0.15) is 5.26 Å². The molecule has 8 atom stereocenters. The minimum atomic E-state index is -1.51. The molecule has 0 saturated heterocycles. The van der Waals surface area contributed by atoms with Crippen LogP contribution in [0.1, 0.15) is 105 Å². The fraction of sp³-hybridized carbons (Fsp3) is 0.750. The first-order chi connectivity index (χ1) is 18.1. The van der Waals surface area contributed by atoms with Gasteiger partial charge in [0.1, 0.15) is 11.4 Å². The third-order valence-electron chi connectivity index (χ3n) is 12.7. The monoisotopic (exact) mass is 533 g/mol. The van der Waals surface area contributed by atoms with Gasteiger partial charge < -0.3 is 14.6 Å². The molecule has 39 heavy (non-hydrogen) atoms. The molecular formula is C32H43N3O4. The summed E-state index contributed by atoms with van der Waals surface area (Å²) in [5.41, 5.74) is -1.56. The molecule has 7 nitrogen and oxygen atoms in total. The van der Waals surface area contributed by atoms with Gasteiger partial charge in [0.05, 0.1) is 17.1 Å². The fourth-order valence-electron chi connectivity index (χ4n) is 10.5. The van der Waals surface area contributed by atoms with Crippen molar-refractivity contribution in [2.75, 3.05) is 0 Å². The second-order valence-corrected chi connectivity index (χ2v) is 15.2. The van der Waals surface area contributed by atoms with E-state index in [0.29, 0.717) is 18.2 Å². The van der Waals surface area contributed by atoms with Gasteiger partial charge in [-0.3, -0.25) is 4.79 Å². The van der Waals surface area contributed by atoms with Gasteiger partial charge in [0.25, 0.3) is 0 Å². The number of hydrogen-bond acceptors (Lipinski definition) is 7. The molecule has 5 aliphatic rings. The van der Waals surface area contributed by atoms with Crippen molar-refractivity contribution in [3.8, 4) is 6.07 Å². The zero-order chi connectivity index (χ0) is 28.4. The number of aliphatic hydroxyl groups excluding tert-OH is 1. The molecule has 6 rings (SSSR count). The van der Waals surface area contributed by atoms with E-state index < -0.39 is 11.0 Å². The molecular weight excluding hydrogens is 490 g/mol. The van der Waals surface area contributed by atoms with Gasteiger partial charge >= 0.3 is 0 Å². The van der Waals surface area contributed by atoms with Crippen LogP contribution in [0.4, 0.5) is 0 Å². The van der Waals surface area contributed by atoms with Gasteiger partial charge in [-0.25, -0.2) is 0 Å². The summed E-state index contributed by atoms with van der Waals surface area (Å²) >= 11 is 0. The van der Waals surface area contributed by atoms with Crippen LogP contribution in [0.2, 0.25) is 0 Å². The van der Waals surface area contributed by atoms with Crippen LogP contribution in [0, 0.1) is 57.7 Å². The highest BCUT2D eigenvalue weighted by atomic mass is 16.4. The summed E-state index contributed by atoms with van der Waals surface area (Å²) in [6.07, 6.45) is 8.51. The van der Waals surface area contributed by atoms with Gasteiger partial charge in [-0.15, -0.1) is 10.2 Å². The molecule has 0 bridgehead atoms. The van der Waals surface area contributed by atoms with Crippen LogP contribution in [0.3, 0.4) is 0 Å². The standard InChI is InChI=1S/C32H43N3O4/c1-18-34-35-26(39-18)32-12-10-27(2,3)16-20(32)24-21(36)14-23-28(4)15-19(17-33)25(37)31(7,38)22(28)8-9-29(23,5)30(24,6)11-13-32/h14,20,22,24,37-38H,8-13,15-16H2,1-7H3/t20-,22+,24-,28-,29+,30+,31-,32-/m0/s1. The van der Waals surface area contributed by atoms with E-state index in [2.05, 4.69) is 50.9 Å². The molecule has 0 aromatic carbocycles. The van der Waals surface area contributed by atoms with E-state index >= 15 is 0 Å². The van der Waals surface area contributed by atoms with Crippen molar-refractivity contribution in [2.45, 2.75) is 111 Å². The summed E-state index contributed by atoms with van der Waals surface area (Å²) in [5.74, 6) is 0.883. The molecule has 1 aromatic heterocycles. The minimum Gasteiger partial charge on any atom is -0.508 e. The summed E-state index contributed by atoms with van der Waals surface area (Å²) < 4.78 is 6.14. The van der Waals surface area contributed by atoms with E-state index in [4.69, 9.17) is 4.42 Å². The molecule has 3 saturated carbocycles. The summed E-state index contributed by atoms with van der Waals surface area (Å²) in [7, 11) is 0. The predicted molar refractivity (Wildman–Crippen MR) is 145 cm³/mol. The van der Waals surface area contributed by atoms with E-state index in [1.165, 1.54) is 0 Å². The number of aliphatic hydroxyl groups is 2. The molecule has 0 unspecified atom stereocenters. The van der Waals surface area contributed by atoms with Crippen LogP contribution in [-0.4, -0.2) is 31.8 Å². The number of allylic oxidation sites excluding steroid dienone is 3. The molecule has 5 aliphatic carbocycles. The number of carbonyl (C=O) groups is 1. The smallest absolute Gasteiger partial charge is 0.222 e. The quantitative estimate of drug-likeness (QED) is 0.436. The van der Waals surface area contributed by atoms with Gasteiger partial charge in [-0.1, -0.05) is 40.2 Å². The van der Waals surface area contributed by atoms with Crippen molar-refractivity contribution in [3.63, 3.8) is 0 Å². The zero-order valence-corrected chi connectivity index (χ0v) is 24.5. The molecule has 1 heterocycles. The highest BCUT2D eigenvalue weighted by molar-refractivity contribution is 5.95. The van der Waals surface area contributed by atoms with E-state index in [1.807, 2.05) is 13.0 Å². The minimum absolute atomic E-state index is 0.0978. The normalized spacial score (nSPS) is 46.8. The topological polar surface area (TPSA) is 120 Å².